The molecule has 1 N–H and O–H groups in total. The number of carbonyl (C=O) groups excluding carboxylic acids is 1. The molecule has 8 heteroatoms. The van der Waals surface area contributed by atoms with Crippen LogP contribution in [0, 0.1) is 0 Å². The third kappa shape index (κ3) is 4.43. The smallest absolute Gasteiger partial charge is 0.407 e. The highest BCUT2D eigenvalue weighted by molar-refractivity contribution is 7.89. The van der Waals surface area contributed by atoms with Crippen LogP contribution in [-0.2, 0) is 19.5 Å². The first-order chi connectivity index (χ1) is 8.47. The maximum atomic E-state index is 12.0. The van der Waals surface area contributed by atoms with Gasteiger partial charge in [0.1, 0.15) is 0 Å². The molecule has 1 atom stereocenters. The standard InChI is InChI=1S/C10H20N2O5S/c1-3-17-10(13)11-4-7-18(14,15)12-5-6-16-8-9(12)2/h9H,3-8H2,1-2H3,(H,11,13). The Morgan fingerprint density at radius 1 is 1.56 bits per heavy atom. The second kappa shape index (κ2) is 6.91. The van der Waals surface area contributed by atoms with Gasteiger partial charge in [-0.05, 0) is 13.8 Å². The second-order valence-corrected chi connectivity index (χ2v) is 6.04. The van der Waals surface area contributed by atoms with Crippen LogP contribution in [0.3, 0.4) is 0 Å². The molecule has 106 valence electrons. The molecule has 7 nitrogen and oxygen atoms in total. The Labute approximate surface area is 107 Å². The molecule has 18 heavy (non-hydrogen) atoms. The fourth-order valence-corrected chi connectivity index (χ4v) is 3.26. The zero-order valence-corrected chi connectivity index (χ0v) is 11.5. The van der Waals surface area contributed by atoms with E-state index in [1.807, 2.05) is 0 Å². The summed E-state index contributed by atoms with van der Waals surface area (Å²) in [5, 5.41) is 2.40. The average Bonchev–Trinajstić information content (AvgIpc) is 2.29. The van der Waals surface area contributed by atoms with Crippen molar-refractivity contribution in [1.29, 1.82) is 0 Å². The Kier molecular flexibility index (Phi) is 5.83. The molecule has 0 saturated carbocycles. The Morgan fingerprint density at radius 2 is 2.28 bits per heavy atom. The Balaban J connectivity index is 2.41. The van der Waals surface area contributed by atoms with Crippen LogP contribution in [0.4, 0.5) is 4.79 Å². The summed E-state index contributed by atoms with van der Waals surface area (Å²) in [6.07, 6.45) is -0.595. The molecule has 0 bridgehead atoms. The molecule has 0 aliphatic carbocycles. The first-order valence-electron chi connectivity index (χ1n) is 5.95. The molecule has 0 aromatic rings. The van der Waals surface area contributed by atoms with Gasteiger partial charge in [0, 0.05) is 19.1 Å². The Bertz CT molecular complexity index is 370. The number of alkyl carbamates (subject to hydrolysis) is 1. The van der Waals surface area contributed by atoms with Gasteiger partial charge in [0.2, 0.25) is 10.0 Å². The minimum Gasteiger partial charge on any atom is -0.450 e. The molecule has 1 amide bonds. The number of nitrogens with one attached hydrogen (secondary N) is 1. The van der Waals surface area contributed by atoms with Crippen molar-refractivity contribution in [3.05, 3.63) is 0 Å². The highest BCUT2D eigenvalue weighted by Crippen LogP contribution is 2.11. The van der Waals surface area contributed by atoms with Crippen molar-refractivity contribution in [3.63, 3.8) is 0 Å². The first kappa shape index (κ1) is 15.2. The maximum Gasteiger partial charge on any atom is 0.407 e. The molecule has 1 unspecified atom stereocenters. The third-order valence-electron chi connectivity index (χ3n) is 2.57. The molecule has 1 heterocycles. The van der Waals surface area contributed by atoms with Crippen LogP contribution in [0.5, 0.6) is 0 Å². The minimum atomic E-state index is -3.36. The number of hydrogen-bond donors (Lipinski definition) is 1. The van der Waals surface area contributed by atoms with Crippen LogP contribution in [0.1, 0.15) is 13.8 Å². The van der Waals surface area contributed by atoms with Gasteiger partial charge >= 0.3 is 6.09 Å². The average molecular weight is 280 g/mol. The van der Waals surface area contributed by atoms with Crippen LogP contribution >= 0.6 is 0 Å². The van der Waals surface area contributed by atoms with Crippen LogP contribution in [0.15, 0.2) is 0 Å². The molecule has 1 aliphatic heterocycles. The summed E-state index contributed by atoms with van der Waals surface area (Å²) in [5.41, 5.74) is 0. The van der Waals surface area contributed by atoms with E-state index in [1.165, 1.54) is 4.31 Å². The zero-order chi connectivity index (χ0) is 13.6. The molecule has 1 aliphatic rings. The van der Waals surface area contributed by atoms with E-state index in [0.717, 1.165) is 0 Å². The highest BCUT2D eigenvalue weighted by atomic mass is 32.2. The molecule has 0 radical (unpaired) electrons. The van der Waals surface area contributed by atoms with E-state index in [4.69, 9.17) is 4.74 Å². The van der Waals surface area contributed by atoms with E-state index in [0.29, 0.717) is 19.8 Å². The topological polar surface area (TPSA) is 84.9 Å². The molecule has 0 aromatic carbocycles. The van der Waals surface area contributed by atoms with E-state index >= 15 is 0 Å². The normalized spacial score (nSPS) is 21.6. The fraction of sp³-hybridized carbons (Fsp3) is 0.900. The predicted octanol–water partition coefficient (Wildman–Crippen LogP) is -0.217. The van der Waals surface area contributed by atoms with Gasteiger partial charge < -0.3 is 14.8 Å². The fourth-order valence-electron chi connectivity index (χ4n) is 1.71. The number of morpholine rings is 1. The summed E-state index contributed by atoms with van der Waals surface area (Å²) < 4.78 is 35.3. The van der Waals surface area contributed by atoms with Gasteiger partial charge in [-0.25, -0.2) is 13.2 Å². The number of nitrogens with zero attached hydrogens (tertiary/aromatic N) is 1. The van der Waals surface area contributed by atoms with Gasteiger partial charge in [-0.3, -0.25) is 0 Å². The molecule has 0 aromatic heterocycles. The van der Waals surface area contributed by atoms with Gasteiger partial charge in [0.05, 0.1) is 25.6 Å². The minimum absolute atomic E-state index is 0.0469. The molecule has 1 saturated heterocycles. The SMILES string of the molecule is CCOC(=O)NCCS(=O)(=O)N1CCOCC1C. The monoisotopic (exact) mass is 280 g/mol. The van der Waals surface area contributed by atoms with Crippen LogP contribution in [0.25, 0.3) is 0 Å². The van der Waals surface area contributed by atoms with E-state index < -0.39 is 16.1 Å². The summed E-state index contributed by atoms with van der Waals surface area (Å²) in [5.74, 6) is -0.129. The van der Waals surface area contributed by atoms with Crippen molar-refractivity contribution in [2.75, 3.05) is 38.7 Å². The maximum absolute atomic E-state index is 12.0. The van der Waals surface area contributed by atoms with Crippen molar-refractivity contribution in [1.82, 2.24) is 9.62 Å². The zero-order valence-electron chi connectivity index (χ0n) is 10.7. The van der Waals surface area contributed by atoms with E-state index in [1.54, 1.807) is 13.8 Å². The van der Waals surface area contributed by atoms with Crippen LogP contribution < -0.4 is 5.32 Å². The van der Waals surface area contributed by atoms with Gasteiger partial charge in [0.25, 0.3) is 0 Å². The summed E-state index contributed by atoms with van der Waals surface area (Å²) in [4.78, 5) is 11.0. The van der Waals surface area contributed by atoms with Gasteiger partial charge in [-0.2, -0.15) is 4.31 Å². The lowest BCUT2D eigenvalue weighted by Gasteiger charge is -2.32. The van der Waals surface area contributed by atoms with E-state index in [2.05, 4.69) is 10.1 Å². The molecule has 0 spiro atoms. The number of hydrogen-bond acceptors (Lipinski definition) is 5. The van der Waals surface area contributed by atoms with Crippen molar-refractivity contribution in [3.8, 4) is 0 Å². The number of amides is 1. The molecular formula is C10H20N2O5S. The summed E-state index contributed by atoms with van der Waals surface area (Å²) in [7, 11) is -3.36. The van der Waals surface area contributed by atoms with Crippen molar-refractivity contribution in [2.24, 2.45) is 0 Å². The van der Waals surface area contributed by atoms with E-state index in [9.17, 15) is 13.2 Å². The lowest BCUT2D eigenvalue weighted by Crippen LogP contribution is -2.49. The third-order valence-corrected chi connectivity index (χ3v) is 4.55. The summed E-state index contributed by atoms with van der Waals surface area (Å²) >= 11 is 0. The van der Waals surface area contributed by atoms with Crippen molar-refractivity contribution in [2.45, 2.75) is 19.9 Å². The van der Waals surface area contributed by atoms with Crippen LogP contribution in [0.2, 0.25) is 0 Å². The predicted molar refractivity (Wildman–Crippen MR) is 65.8 cm³/mol. The van der Waals surface area contributed by atoms with Crippen LogP contribution in [-0.4, -0.2) is 63.5 Å². The number of ether oxygens (including phenoxy) is 2. The number of sulfonamides is 1. The second-order valence-electron chi connectivity index (χ2n) is 4.00. The largest absolute Gasteiger partial charge is 0.450 e. The van der Waals surface area contributed by atoms with Crippen molar-refractivity contribution >= 4 is 16.1 Å². The molecule has 1 fully saturated rings. The van der Waals surface area contributed by atoms with Gasteiger partial charge in [-0.1, -0.05) is 0 Å². The van der Waals surface area contributed by atoms with Gasteiger partial charge in [-0.15, -0.1) is 0 Å². The Hall–Kier alpha value is -0.860. The molecule has 1 rings (SSSR count). The number of carbonyl (C=O) groups is 1. The quantitative estimate of drug-likeness (QED) is 0.753. The Morgan fingerprint density at radius 3 is 2.89 bits per heavy atom. The van der Waals surface area contributed by atoms with Gasteiger partial charge in [0.15, 0.2) is 0 Å². The summed E-state index contributed by atoms with van der Waals surface area (Å²) in [6, 6.07) is -0.161. The van der Waals surface area contributed by atoms with E-state index in [-0.39, 0.29) is 24.9 Å². The molecular weight excluding hydrogens is 260 g/mol. The summed E-state index contributed by atoms with van der Waals surface area (Å²) in [6.45, 7) is 4.98. The lowest BCUT2D eigenvalue weighted by molar-refractivity contribution is 0.0393. The lowest BCUT2D eigenvalue weighted by atomic mass is 10.3. The first-order valence-corrected chi connectivity index (χ1v) is 7.56. The number of rotatable bonds is 5. The highest BCUT2D eigenvalue weighted by Gasteiger charge is 2.29. The van der Waals surface area contributed by atoms with Crippen molar-refractivity contribution < 1.29 is 22.7 Å².